The molecule has 0 heterocycles. The predicted molar refractivity (Wildman–Crippen MR) is 70.5 cm³/mol. The van der Waals surface area contributed by atoms with Crippen LogP contribution >= 0.6 is 0 Å². The SMILES string of the molecule is COCCNC(C(=O)OC)C(C)c1ccccc1. The number of methoxy groups -OCH3 is 2. The second-order valence-corrected chi connectivity index (χ2v) is 4.15. The van der Waals surface area contributed by atoms with Gasteiger partial charge in [0.2, 0.25) is 0 Å². The van der Waals surface area contributed by atoms with E-state index in [1.165, 1.54) is 7.11 Å². The molecule has 0 aliphatic heterocycles. The first-order valence-electron chi connectivity index (χ1n) is 6.05. The molecule has 0 spiro atoms. The van der Waals surface area contributed by atoms with Crippen LogP contribution in [0.2, 0.25) is 0 Å². The lowest BCUT2D eigenvalue weighted by Crippen LogP contribution is -2.43. The molecule has 0 amide bonds. The van der Waals surface area contributed by atoms with Crippen LogP contribution in [-0.4, -0.2) is 39.4 Å². The minimum Gasteiger partial charge on any atom is -0.468 e. The van der Waals surface area contributed by atoms with Crippen LogP contribution in [0.3, 0.4) is 0 Å². The molecule has 4 nitrogen and oxygen atoms in total. The van der Waals surface area contributed by atoms with E-state index in [1.807, 2.05) is 37.3 Å². The number of hydrogen-bond donors (Lipinski definition) is 1. The summed E-state index contributed by atoms with van der Waals surface area (Å²) in [6.07, 6.45) is 0. The fourth-order valence-corrected chi connectivity index (χ4v) is 1.86. The number of rotatable bonds is 7. The van der Waals surface area contributed by atoms with Crippen LogP contribution in [0.25, 0.3) is 0 Å². The predicted octanol–water partition coefficient (Wildman–Crippen LogP) is 1.57. The third kappa shape index (κ3) is 4.13. The first-order chi connectivity index (χ1) is 8.70. The molecule has 4 heteroatoms. The molecule has 0 aliphatic carbocycles. The van der Waals surface area contributed by atoms with E-state index < -0.39 is 0 Å². The Morgan fingerprint density at radius 3 is 2.50 bits per heavy atom. The number of carbonyl (C=O) groups is 1. The summed E-state index contributed by atoms with van der Waals surface area (Å²) in [5.41, 5.74) is 1.11. The molecule has 0 radical (unpaired) electrons. The number of hydrogen-bond acceptors (Lipinski definition) is 4. The largest absolute Gasteiger partial charge is 0.468 e. The molecule has 1 aromatic rings. The molecule has 0 aliphatic rings. The normalized spacial score (nSPS) is 13.9. The van der Waals surface area contributed by atoms with Crippen molar-refractivity contribution in [3.8, 4) is 0 Å². The van der Waals surface area contributed by atoms with Crippen LogP contribution < -0.4 is 5.32 Å². The fourth-order valence-electron chi connectivity index (χ4n) is 1.86. The summed E-state index contributed by atoms with van der Waals surface area (Å²) in [6, 6.07) is 9.57. The van der Waals surface area contributed by atoms with E-state index in [0.717, 1.165) is 5.56 Å². The quantitative estimate of drug-likeness (QED) is 0.590. The van der Waals surface area contributed by atoms with Crippen molar-refractivity contribution in [3.05, 3.63) is 35.9 Å². The Labute approximate surface area is 108 Å². The van der Waals surface area contributed by atoms with Gasteiger partial charge in [0.1, 0.15) is 6.04 Å². The average Bonchev–Trinajstić information content (AvgIpc) is 2.43. The fraction of sp³-hybridized carbons (Fsp3) is 0.500. The van der Waals surface area contributed by atoms with E-state index in [4.69, 9.17) is 9.47 Å². The third-order valence-electron chi connectivity index (χ3n) is 2.95. The average molecular weight is 251 g/mol. The van der Waals surface area contributed by atoms with Crippen molar-refractivity contribution in [2.24, 2.45) is 0 Å². The Balaban J connectivity index is 2.72. The maximum absolute atomic E-state index is 11.8. The summed E-state index contributed by atoms with van der Waals surface area (Å²) >= 11 is 0. The van der Waals surface area contributed by atoms with Crippen LogP contribution in [0.4, 0.5) is 0 Å². The summed E-state index contributed by atoms with van der Waals surface area (Å²) < 4.78 is 9.82. The molecule has 0 aromatic heterocycles. The molecular formula is C14H21NO3. The van der Waals surface area contributed by atoms with Gasteiger partial charge in [-0.3, -0.25) is 4.79 Å². The van der Waals surface area contributed by atoms with E-state index in [0.29, 0.717) is 13.2 Å². The zero-order chi connectivity index (χ0) is 13.4. The Bertz CT molecular complexity index is 353. The summed E-state index contributed by atoms with van der Waals surface area (Å²) in [5, 5.41) is 3.17. The van der Waals surface area contributed by atoms with Gasteiger partial charge in [-0.2, -0.15) is 0 Å². The highest BCUT2D eigenvalue weighted by atomic mass is 16.5. The lowest BCUT2D eigenvalue weighted by atomic mass is 9.93. The Kier molecular flexibility index (Phi) is 6.39. The van der Waals surface area contributed by atoms with Crippen molar-refractivity contribution < 1.29 is 14.3 Å². The van der Waals surface area contributed by atoms with Crippen molar-refractivity contribution in [1.82, 2.24) is 5.32 Å². The van der Waals surface area contributed by atoms with Crippen molar-refractivity contribution in [1.29, 1.82) is 0 Å². The third-order valence-corrected chi connectivity index (χ3v) is 2.95. The highest BCUT2D eigenvalue weighted by molar-refractivity contribution is 5.77. The molecule has 0 saturated carbocycles. The molecule has 0 saturated heterocycles. The summed E-state index contributed by atoms with van der Waals surface area (Å²) in [4.78, 5) is 11.8. The van der Waals surface area contributed by atoms with Crippen LogP contribution in [-0.2, 0) is 14.3 Å². The molecule has 1 rings (SSSR count). The highest BCUT2D eigenvalue weighted by Crippen LogP contribution is 2.19. The molecule has 2 unspecified atom stereocenters. The lowest BCUT2D eigenvalue weighted by Gasteiger charge is -2.23. The van der Waals surface area contributed by atoms with Crippen molar-refractivity contribution in [3.63, 3.8) is 0 Å². The zero-order valence-electron chi connectivity index (χ0n) is 11.2. The van der Waals surface area contributed by atoms with E-state index >= 15 is 0 Å². The van der Waals surface area contributed by atoms with E-state index in [1.54, 1.807) is 7.11 Å². The van der Waals surface area contributed by atoms with Crippen LogP contribution in [0.5, 0.6) is 0 Å². The smallest absolute Gasteiger partial charge is 0.323 e. The molecule has 0 bridgehead atoms. The second-order valence-electron chi connectivity index (χ2n) is 4.15. The van der Waals surface area contributed by atoms with Gasteiger partial charge in [0.05, 0.1) is 13.7 Å². The summed E-state index contributed by atoms with van der Waals surface area (Å²) in [5.74, 6) is -0.196. The standard InChI is InChI=1S/C14H21NO3/c1-11(12-7-5-4-6-8-12)13(14(16)18-3)15-9-10-17-2/h4-8,11,13,15H,9-10H2,1-3H3. The molecule has 100 valence electrons. The van der Waals surface area contributed by atoms with Gasteiger partial charge in [-0.1, -0.05) is 37.3 Å². The second kappa shape index (κ2) is 7.84. The topological polar surface area (TPSA) is 47.6 Å². The molecule has 18 heavy (non-hydrogen) atoms. The Morgan fingerprint density at radius 2 is 1.94 bits per heavy atom. The Hall–Kier alpha value is -1.39. The van der Waals surface area contributed by atoms with Gasteiger partial charge in [0.15, 0.2) is 0 Å². The molecular weight excluding hydrogens is 230 g/mol. The van der Waals surface area contributed by atoms with Crippen molar-refractivity contribution >= 4 is 5.97 Å². The number of esters is 1. The van der Waals surface area contributed by atoms with Crippen LogP contribution in [0, 0.1) is 0 Å². The zero-order valence-corrected chi connectivity index (χ0v) is 11.2. The number of carbonyl (C=O) groups excluding carboxylic acids is 1. The lowest BCUT2D eigenvalue weighted by molar-refractivity contribution is -0.143. The minimum atomic E-state index is -0.354. The van der Waals surface area contributed by atoms with E-state index in [2.05, 4.69) is 5.32 Å². The van der Waals surface area contributed by atoms with Gasteiger partial charge in [0.25, 0.3) is 0 Å². The van der Waals surface area contributed by atoms with Crippen molar-refractivity contribution in [2.75, 3.05) is 27.4 Å². The molecule has 1 N–H and O–H groups in total. The summed E-state index contributed by atoms with van der Waals surface area (Å²) in [6.45, 7) is 3.19. The Morgan fingerprint density at radius 1 is 1.28 bits per heavy atom. The van der Waals surface area contributed by atoms with Gasteiger partial charge in [-0.25, -0.2) is 0 Å². The monoisotopic (exact) mass is 251 g/mol. The van der Waals surface area contributed by atoms with E-state index in [-0.39, 0.29) is 17.9 Å². The first-order valence-corrected chi connectivity index (χ1v) is 6.05. The van der Waals surface area contributed by atoms with Gasteiger partial charge < -0.3 is 14.8 Å². The van der Waals surface area contributed by atoms with Gasteiger partial charge in [-0.05, 0) is 5.56 Å². The van der Waals surface area contributed by atoms with Crippen LogP contribution in [0.15, 0.2) is 30.3 Å². The highest BCUT2D eigenvalue weighted by Gasteiger charge is 2.26. The van der Waals surface area contributed by atoms with Crippen molar-refractivity contribution in [2.45, 2.75) is 18.9 Å². The van der Waals surface area contributed by atoms with Crippen LogP contribution in [0.1, 0.15) is 18.4 Å². The first kappa shape index (κ1) is 14.7. The minimum absolute atomic E-state index is 0.0514. The number of benzene rings is 1. The maximum atomic E-state index is 11.8. The summed E-state index contributed by atoms with van der Waals surface area (Å²) in [7, 11) is 3.04. The van der Waals surface area contributed by atoms with Gasteiger partial charge in [-0.15, -0.1) is 0 Å². The number of ether oxygens (including phenoxy) is 2. The maximum Gasteiger partial charge on any atom is 0.323 e. The molecule has 2 atom stereocenters. The number of nitrogens with one attached hydrogen (secondary N) is 1. The van der Waals surface area contributed by atoms with Gasteiger partial charge in [0, 0.05) is 19.6 Å². The molecule has 0 fully saturated rings. The molecule has 1 aromatic carbocycles. The van der Waals surface area contributed by atoms with E-state index in [9.17, 15) is 4.79 Å². The van der Waals surface area contributed by atoms with Gasteiger partial charge >= 0.3 is 5.97 Å².